The maximum Gasteiger partial charge on any atom is 0.421 e. The molecule has 1 aliphatic heterocycles. The molecular weight excluding hydrogens is 523 g/mol. The van der Waals surface area contributed by atoms with Gasteiger partial charge >= 0.3 is 6.18 Å². The number of nitrogens with zero attached hydrogens (tertiary/aromatic N) is 2. The molecule has 2 amide bonds. The van der Waals surface area contributed by atoms with Crippen LogP contribution in [0.25, 0.3) is 0 Å². The van der Waals surface area contributed by atoms with E-state index in [0.717, 1.165) is 12.1 Å². The van der Waals surface area contributed by atoms with Gasteiger partial charge in [0.2, 0.25) is 5.91 Å². The number of amides is 2. The van der Waals surface area contributed by atoms with Crippen LogP contribution in [-0.4, -0.2) is 42.2 Å². The van der Waals surface area contributed by atoms with Gasteiger partial charge in [-0.3, -0.25) is 9.59 Å². The molecule has 4 rings (SSSR count). The summed E-state index contributed by atoms with van der Waals surface area (Å²) in [6.45, 7) is 2.10. The highest BCUT2D eigenvalue weighted by molar-refractivity contribution is 7.91. The van der Waals surface area contributed by atoms with E-state index in [1.54, 1.807) is 0 Å². The molecule has 202 valence electrons. The van der Waals surface area contributed by atoms with Crippen molar-refractivity contribution in [3.8, 4) is 6.07 Å². The number of nitrogens with one attached hydrogen (secondary N) is 1. The summed E-state index contributed by atoms with van der Waals surface area (Å²) in [5.41, 5.74) is -3.23. The third kappa shape index (κ3) is 5.00. The third-order valence-corrected chi connectivity index (χ3v) is 8.95. The molecule has 38 heavy (non-hydrogen) atoms. The molecule has 12 heteroatoms. The molecule has 2 aromatic rings. The Hall–Kier alpha value is -3.43. The fourth-order valence-electron chi connectivity index (χ4n) is 4.43. The molecule has 0 bridgehead atoms. The molecule has 0 saturated heterocycles. The fourth-order valence-corrected chi connectivity index (χ4v) is 5.36. The average Bonchev–Trinajstić information content (AvgIpc) is 3.52. The van der Waals surface area contributed by atoms with Crippen LogP contribution >= 0.6 is 0 Å². The molecule has 2 unspecified atom stereocenters. The number of hydrogen-bond donors (Lipinski definition) is 2. The Balaban J connectivity index is 1.63. The Labute approximate surface area is 218 Å². The van der Waals surface area contributed by atoms with Gasteiger partial charge < -0.3 is 15.3 Å². The van der Waals surface area contributed by atoms with Gasteiger partial charge in [-0.25, -0.2) is 8.42 Å². The summed E-state index contributed by atoms with van der Waals surface area (Å²) in [4.78, 5) is 28.0. The summed E-state index contributed by atoms with van der Waals surface area (Å²) in [5, 5.41) is 21.9. The highest BCUT2D eigenvalue weighted by Gasteiger charge is 2.51. The van der Waals surface area contributed by atoms with Gasteiger partial charge in [-0.2, -0.15) is 18.4 Å². The van der Waals surface area contributed by atoms with E-state index in [2.05, 4.69) is 11.4 Å². The number of hydrogen-bond acceptors (Lipinski definition) is 6. The Bertz CT molecular complexity index is 1430. The number of carbonyl (C=O) groups is 2. The monoisotopic (exact) mass is 549 g/mol. The van der Waals surface area contributed by atoms with E-state index >= 15 is 0 Å². The molecule has 8 nitrogen and oxygen atoms in total. The van der Waals surface area contributed by atoms with Crippen molar-refractivity contribution in [2.45, 2.75) is 62.4 Å². The minimum absolute atomic E-state index is 0.0335. The molecule has 1 heterocycles. The molecule has 1 fully saturated rings. The number of nitriles is 1. The second-order valence-electron chi connectivity index (χ2n) is 9.89. The van der Waals surface area contributed by atoms with Crippen molar-refractivity contribution >= 4 is 27.3 Å². The predicted molar refractivity (Wildman–Crippen MR) is 130 cm³/mol. The number of fused-ring (bicyclic) bond motifs is 1. The SMILES string of the molecule is CCS(=O)(=O)c1ccc2c(c1)CN(C(=O)CC1(C#N)CC1)C2C(=O)Nc1ccc(C(C)(O)C(F)(F)F)cc1. The zero-order valence-corrected chi connectivity index (χ0v) is 21.5. The largest absolute Gasteiger partial charge is 0.421 e. The van der Waals surface area contributed by atoms with Crippen LogP contribution in [0, 0.1) is 16.7 Å². The lowest BCUT2D eigenvalue weighted by atomic mass is 9.95. The molecular formula is C26H26F3N3O5S. The van der Waals surface area contributed by atoms with Gasteiger partial charge in [-0.15, -0.1) is 0 Å². The van der Waals surface area contributed by atoms with Gasteiger partial charge in [-0.1, -0.05) is 25.1 Å². The Morgan fingerprint density at radius 3 is 2.34 bits per heavy atom. The molecule has 0 spiro atoms. The first-order valence-electron chi connectivity index (χ1n) is 11.9. The summed E-state index contributed by atoms with van der Waals surface area (Å²) in [6.07, 6.45) is -3.85. The van der Waals surface area contributed by atoms with E-state index in [-0.39, 0.29) is 29.3 Å². The van der Waals surface area contributed by atoms with E-state index in [1.165, 1.54) is 42.2 Å². The van der Waals surface area contributed by atoms with Crippen molar-refractivity contribution in [3.05, 3.63) is 59.2 Å². The molecule has 0 radical (unpaired) electrons. The number of halogens is 3. The Kier molecular flexibility index (Phi) is 6.82. The first kappa shape index (κ1) is 27.6. The van der Waals surface area contributed by atoms with Crippen molar-refractivity contribution in [1.82, 2.24) is 4.90 Å². The van der Waals surface area contributed by atoms with Gasteiger partial charge in [0.15, 0.2) is 15.4 Å². The Morgan fingerprint density at radius 1 is 1.18 bits per heavy atom. The minimum Gasteiger partial charge on any atom is -0.376 e. The van der Waals surface area contributed by atoms with Crippen LogP contribution in [0.4, 0.5) is 18.9 Å². The highest BCUT2D eigenvalue weighted by atomic mass is 32.2. The lowest BCUT2D eigenvalue weighted by Gasteiger charge is -2.27. The maximum atomic E-state index is 13.4. The van der Waals surface area contributed by atoms with Crippen molar-refractivity contribution < 1.29 is 36.3 Å². The first-order valence-corrected chi connectivity index (χ1v) is 13.6. The fraction of sp³-hybridized carbons (Fsp3) is 0.423. The Morgan fingerprint density at radius 2 is 1.82 bits per heavy atom. The smallest absolute Gasteiger partial charge is 0.376 e. The predicted octanol–water partition coefficient (Wildman–Crippen LogP) is 3.97. The van der Waals surface area contributed by atoms with E-state index in [0.29, 0.717) is 30.9 Å². The number of aliphatic hydroxyl groups is 1. The van der Waals surface area contributed by atoms with Crippen LogP contribution in [-0.2, 0) is 31.6 Å². The molecule has 2 atom stereocenters. The van der Waals surface area contributed by atoms with Gasteiger partial charge in [0.25, 0.3) is 5.91 Å². The number of benzene rings is 2. The molecule has 2 aromatic carbocycles. The van der Waals surface area contributed by atoms with E-state index < -0.39 is 50.4 Å². The van der Waals surface area contributed by atoms with Crippen LogP contribution in [0.5, 0.6) is 0 Å². The summed E-state index contributed by atoms with van der Waals surface area (Å²) in [6, 6.07) is 9.81. The number of anilines is 1. The molecule has 1 aliphatic carbocycles. The van der Waals surface area contributed by atoms with Gasteiger partial charge in [0.05, 0.1) is 22.1 Å². The second-order valence-corrected chi connectivity index (χ2v) is 12.2. The standard InChI is InChI=1S/C26H26F3N3O5S/c1-3-38(36,37)19-8-9-20-16(12-19)14-32(21(33)13-25(15-30)10-11-25)22(20)23(34)31-18-6-4-17(5-7-18)24(2,35)26(27,28)29/h4-9,12,22,35H,3,10-11,13-14H2,1-2H3,(H,31,34). The lowest BCUT2D eigenvalue weighted by Crippen LogP contribution is -2.39. The molecule has 2 aliphatic rings. The van der Waals surface area contributed by atoms with E-state index in [1.807, 2.05) is 0 Å². The normalized spacial score (nSPS) is 19.7. The van der Waals surface area contributed by atoms with Crippen LogP contribution in [0.1, 0.15) is 55.8 Å². The summed E-state index contributed by atoms with van der Waals surface area (Å²) in [7, 11) is -3.54. The lowest BCUT2D eigenvalue weighted by molar-refractivity contribution is -0.258. The van der Waals surface area contributed by atoms with Crippen LogP contribution in [0.15, 0.2) is 47.4 Å². The molecule has 1 saturated carbocycles. The van der Waals surface area contributed by atoms with E-state index in [9.17, 15) is 41.5 Å². The summed E-state index contributed by atoms with van der Waals surface area (Å²) < 4.78 is 64.2. The zero-order chi connectivity index (χ0) is 28.1. The maximum absolute atomic E-state index is 13.4. The van der Waals surface area contributed by atoms with Gasteiger partial charge in [0, 0.05) is 18.7 Å². The minimum atomic E-state index is -4.90. The van der Waals surface area contributed by atoms with Crippen LogP contribution in [0.3, 0.4) is 0 Å². The van der Waals surface area contributed by atoms with Crippen molar-refractivity contribution in [2.24, 2.45) is 5.41 Å². The van der Waals surface area contributed by atoms with Gasteiger partial charge in [-0.05, 0) is 60.7 Å². The summed E-state index contributed by atoms with van der Waals surface area (Å²) in [5.74, 6) is -1.21. The van der Waals surface area contributed by atoms with Gasteiger partial charge in [0.1, 0.15) is 6.04 Å². The van der Waals surface area contributed by atoms with Crippen LogP contribution in [0.2, 0.25) is 0 Å². The quantitative estimate of drug-likeness (QED) is 0.538. The zero-order valence-electron chi connectivity index (χ0n) is 20.7. The number of alkyl halides is 3. The summed E-state index contributed by atoms with van der Waals surface area (Å²) >= 11 is 0. The van der Waals surface area contributed by atoms with Crippen molar-refractivity contribution in [3.63, 3.8) is 0 Å². The topological polar surface area (TPSA) is 128 Å². The highest BCUT2D eigenvalue weighted by Crippen LogP contribution is 2.49. The van der Waals surface area contributed by atoms with E-state index in [4.69, 9.17) is 0 Å². The second kappa shape index (κ2) is 9.39. The first-order chi connectivity index (χ1) is 17.6. The average molecular weight is 550 g/mol. The van der Waals surface area contributed by atoms with Crippen LogP contribution < -0.4 is 5.32 Å². The number of carbonyl (C=O) groups excluding carboxylic acids is 2. The molecule has 2 N–H and O–H groups in total. The number of sulfone groups is 1. The number of rotatable bonds is 7. The third-order valence-electron chi connectivity index (χ3n) is 7.22. The molecule has 0 aromatic heterocycles. The van der Waals surface area contributed by atoms with Crippen molar-refractivity contribution in [1.29, 1.82) is 5.26 Å². The van der Waals surface area contributed by atoms with Crippen molar-refractivity contribution in [2.75, 3.05) is 11.1 Å².